The molecule has 2 saturated heterocycles. The number of nitrogens with zero attached hydrogens (tertiary/aromatic N) is 8. The highest BCUT2D eigenvalue weighted by Gasteiger charge is 2.24. The summed E-state index contributed by atoms with van der Waals surface area (Å²) in [5.41, 5.74) is 2.81. The van der Waals surface area contributed by atoms with Crippen LogP contribution in [0.3, 0.4) is 0 Å². The van der Waals surface area contributed by atoms with Gasteiger partial charge in [0.05, 0.1) is 5.69 Å². The predicted octanol–water partition coefficient (Wildman–Crippen LogP) is 1.99. The molecule has 1 unspecified atom stereocenters. The normalized spacial score (nSPS) is 18.9. The van der Waals surface area contributed by atoms with E-state index in [4.69, 9.17) is 4.98 Å². The first-order chi connectivity index (χ1) is 17.0. The number of aliphatic hydroxyl groups is 1. The van der Waals surface area contributed by atoms with E-state index in [1.807, 2.05) is 38.6 Å². The van der Waals surface area contributed by atoms with Crippen molar-refractivity contribution in [2.75, 3.05) is 70.7 Å². The van der Waals surface area contributed by atoms with E-state index in [9.17, 15) is 5.11 Å². The van der Waals surface area contributed by atoms with E-state index in [1.54, 1.807) is 4.90 Å². The molecule has 1 atom stereocenters. The second-order valence-electron chi connectivity index (χ2n) is 9.96. The highest BCUT2D eigenvalue weighted by molar-refractivity contribution is 5.78. The molecule has 5 heterocycles. The lowest BCUT2D eigenvalue weighted by Gasteiger charge is -2.33. The molecule has 2 aliphatic heterocycles. The summed E-state index contributed by atoms with van der Waals surface area (Å²) in [6.07, 6.45) is 6.53. The fourth-order valence-corrected chi connectivity index (χ4v) is 4.85. The molecule has 5 rings (SSSR count). The molecule has 10 heteroatoms. The van der Waals surface area contributed by atoms with Gasteiger partial charge in [-0.2, -0.15) is 4.98 Å². The van der Waals surface area contributed by atoms with Gasteiger partial charge in [-0.1, -0.05) is 6.07 Å². The van der Waals surface area contributed by atoms with Crippen molar-refractivity contribution in [2.24, 2.45) is 0 Å². The van der Waals surface area contributed by atoms with Crippen molar-refractivity contribution in [1.29, 1.82) is 0 Å². The monoisotopic (exact) mass is 479 g/mol. The Morgan fingerprint density at radius 1 is 1.00 bits per heavy atom. The van der Waals surface area contributed by atoms with E-state index in [0.29, 0.717) is 5.95 Å². The van der Waals surface area contributed by atoms with Crippen molar-refractivity contribution in [2.45, 2.75) is 32.0 Å². The molecule has 0 radical (unpaired) electrons. The Balaban J connectivity index is 1.36. The smallest absolute Gasteiger partial charge is 0.230 e. The van der Waals surface area contributed by atoms with E-state index in [0.717, 1.165) is 81.2 Å². The molecule has 188 valence electrons. The number of hydrogen-bond donors (Lipinski definition) is 2. The van der Waals surface area contributed by atoms with Gasteiger partial charge in [-0.05, 0) is 58.1 Å². The molecule has 2 N–H and O–H groups in total. The van der Waals surface area contributed by atoms with Gasteiger partial charge >= 0.3 is 0 Å². The van der Waals surface area contributed by atoms with Crippen LogP contribution in [0.1, 0.15) is 36.7 Å². The van der Waals surface area contributed by atoms with Crippen LogP contribution in [0.4, 0.5) is 11.8 Å². The summed E-state index contributed by atoms with van der Waals surface area (Å²) in [6.45, 7) is 7.21. The number of piperazine rings is 1. The summed E-state index contributed by atoms with van der Waals surface area (Å²) in [4.78, 5) is 20.6. The molecule has 0 aromatic carbocycles. The highest BCUT2D eigenvalue weighted by atomic mass is 16.3. The molecule has 0 saturated carbocycles. The molecule has 2 fully saturated rings. The SMILES string of the molecule is CN1CCN(Cc2ccc(Nc3ncc4cc(C(O)N(C)C)n(N5CCCCC5)c4n3)nc2)CC1. The van der Waals surface area contributed by atoms with E-state index in [2.05, 4.69) is 47.9 Å². The maximum absolute atomic E-state index is 10.9. The van der Waals surface area contributed by atoms with E-state index in [-0.39, 0.29) is 0 Å². The molecular formula is C25H37N9O. The van der Waals surface area contributed by atoms with Gasteiger partial charge in [-0.15, -0.1) is 0 Å². The lowest BCUT2D eigenvalue weighted by atomic mass is 10.2. The Morgan fingerprint density at radius 3 is 2.46 bits per heavy atom. The first-order valence-electron chi connectivity index (χ1n) is 12.6. The van der Waals surface area contributed by atoms with Gasteiger partial charge in [-0.3, -0.25) is 9.80 Å². The van der Waals surface area contributed by atoms with Crippen LogP contribution in [0.2, 0.25) is 0 Å². The number of aliphatic hydroxyl groups excluding tert-OH is 1. The maximum Gasteiger partial charge on any atom is 0.230 e. The van der Waals surface area contributed by atoms with Crippen LogP contribution < -0.4 is 10.3 Å². The Morgan fingerprint density at radius 2 is 1.77 bits per heavy atom. The Kier molecular flexibility index (Phi) is 7.14. The zero-order valence-corrected chi connectivity index (χ0v) is 21.1. The fourth-order valence-electron chi connectivity index (χ4n) is 4.85. The summed E-state index contributed by atoms with van der Waals surface area (Å²) in [6, 6.07) is 6.10. The van der Waals surface area contributed by atoms with Crippen LogP contribution in [0, 0.1) is 0 Å². The Hall–Kier alpha value is -2.79. The molecular weight excluding hydrogens is 442 g/mol. The van der Waals surface area contributed by atoms with Crippen LogP contribution in [0.15, 0.2) is 30.6 Å². The minimum Gasteiger partial charge on any atom is -0.372 e. The van der Waals surface area contributed by atoms with Gasteiger partial charge in [0, 0.05) is 63.6 Å². The van der Waals surface area contributed by atoms with E-state index < -0.39 is 6.23 Å². The highest BCUT2D eigenvalue weighted by Crippen LogP contribution is 2.27. The summed E-state index contributed by atoms with van der Waals surface area (Å²) < 4.78 is 2.08. The Labute approximate surface area is 207 Å². The van der Waals surface area contributed by atoms with Gasteiger partial charge in [-0.25, -0.2) is 14.6 Å². The number of hydrogen-bond acceptors (Lipinski definition) is 9. The van der Waals surface area contributed by atoms with Crippen molar-refractivity contribution in [3.8, 4) is 0 Å². The lowest BCUT2D eigenvalue weighted by molar-refractivity contribution is 0.0326. The number of piperidine rings is 1. The number of pyridine rings is 1. The van der Waals surface area contributed by atoms with Crippen LogP contribution >= 0.6 is 0 Å². The molecule has 3 aromatic heterocycles. The number of aromatic nitrogens is 4. The average molecular weight is 480 g/mol. The first kappa shape index (κ1) is 23.9. The largest absolute Gasteiger partial charge is 0.372 e. The maximum atomic E-state index is 10.9. The summed E-state index contributed by atoms with van der Waals surface area (Å²) in [7, 11) is 5.93. The van der Waals surface area contributed by atoms with E-state index in [1.165, 1.54) is 12.0 Å². The zero-order chi connectivity index (χ0) is 24.4. The second kappa shape index (κ2) is 10.4. The van der Waals surface area contributed by atoms with E-state index >= 15 is 0 Å². The van der Waals surface area contributed by atoms with Crippen molar-refractivity contribution in [1.82, 2.24) is 34.3 Å². The topological polar surface area (TPSA) is 88.8 Å². The molecule has 0 bridgehead atoms. The standard InChI is InChI=1S/C25H37N9O/c1-30(2)24(35)21-15-20-17-27-25(29-23(20)34(21)33-9-5-4-6-10-33)28-22-8-7-19(16-26-22)18-32-13-11-31(3)12-14-32/h7-8,15-17,24,35H,4-6,9-14,18H2,1-3H3,(H,26,27,28,29). The van der Waals surface area contributed by atoms with Crippen LogP contribution in [0.5, 0.6) is 0 Å². The number of anilines is 2. The summed E-state index contributed by atoms with van der Waals surface area (Å²) >= 11 is 0. The molecule has 0 amide bonds. The number of rotatable bonds is 7. The second-order valence-corrected chi connectivity index (χ2v) is 9.96. The molecule has 0 aliphatic carbocycles. The van der Waals surface area contributed by atoms with Crippen LogP contribution in [0.25, 0.3) is 11.0 Å². The third kappa shape index (κ3) is 5.40. The van der Waals surface area contributed by atoms with Crippen molar-refractivity contribution in [3.63, 3.8) is 0 Å². The average Bonchev–Trinajstić information content (AvgIpc) is 3.25. The molecule has 35 heavy (non-hydrogen) atoms. The van der Waals surface area contributed by atoms with Crippen molar-refractivity contribution in [3.05, 3.63) is 41.9 Å². The van der Waals surface area contributed by atoms with Gasteiger partial charge in [0.1, 0.15) is 12.0 Å². The van der Waals surface area contributed by atoms with Gasteiger partial charge in [0.25, 0.3) is 0 Å². The number of nitrogens with one attached hydrogen (secondary N) is 1. The molecule has 2 aliphatic rings. The quantitative estimate of drug-likeness (QED) is 0.494. The third-order valence-electron chi connectivity index (χ3n) is 6.98. The third-order valence-corrected chi connectivity index (χ3v) is 6.98. The molecule has 3 aromatic rings. The molecule has 0 spiro atoms. The summed E-state index contributed by atoms with van der Waals surface area (Å²) in [5.74, 6) is 1.22. The van der Waals surface area contributed by atoms with Crippen LogP contribution in [-0.4, -0.2) is 99.8 Å². The zero-order valence-electron chi connectivity index (χ0n) is 21.1. The Bertz CT molecular complexity index is 1120. The van der Waals surface area contributed by atoms with Crippen molar-refractivity contribution >= 4 is 22.8 Å². The van der Waals surface area contributed by atoms with Gasteiger partial charge < -0.3 is 20.3 Å². The minimum absolute atomic E-state index is 0.499. The summed E-state index contributed by atoms with van der Waals surface area (Å²) in [5, 5.41) is 17.3. The van der Waals surface area contributed by atoms with Crippen LogP contribution in [-0.2, 0) is 6.54 Å². The lowest BCUT2D eigenvalue weighted by Crippen LogP contribution is -2.43. The number of likely N-dealkylation sites (N-methyl/N-ethyl adjacent to an activating group) is 1. The fraction of sp³-hybridized carbons (Fsp3) is 0.560. The van der Waals surface area contributed by atoms with Gasteiger partial charge in [0.2, 0.25) is 5.95 Å². The van der Waals surface area contributed by atoms with Crippen molar-refractivity contribution < 1.29 is 5.11 Å². The first-order valence-corrected chi connectivity index (χ1v) is 12.6. The number of fused-ring (bicyclic) bond motifs is 1. The molecule has 10 nitrogen and oxygen atoms in total. The predicted molar refractivity (Wildman–Crippen MR) is 138 cm³/mol. The van der Waals surface area contributed by atoms with Gasteiger partial charge in [0.15, 0.2) is 5.65 Å². The minimum atomic E-state index is -0.725.